The molecule has 30 heavy (non-hydrogen) atoms. The summed E-state index contributed by atoms with van der Waals surface area (Å²) in [6.45, 7) is 3.85. The first-order valence-corrected chi connectivity index (χ1v) is 11.2. The zero-order valence-corrected chi connectivity index (χ0v) is 18.3. The highest BCUT2D eigenvalue weighted by Gasteiger charge is 2.54. The van der Waals surface area contributed by atoms with Gasteiger partial charge in [-0.15, -0.1) is 22.7 Å². The molecule has 0 radical (unpaired) electrons. The molecule has 2 unspecified atom stereocenters. The molecule has 4 rings (SSSR count). The fourth-order valence-corrected chi connectivity index (χ4v) is 5.60. The monoisotopic (exact) mass is 434 g/mol. The molecular weight excluding hydrogens is 412 g/mol. The lowest BCUT2D eigenvalue weighted by molar-refractivity contribution is -0.150. The fraction of sp³-hybridized carbons (Fsp3) is 0.160. The van der Waals surface area contributed by atoms with Crippen molar-refractivity contribution in [3.05, 3.63) is 116 Å². The Labute approximate surface area is 183 Å². The zero-order valence-electron chi connectivity index (χ0n) is 16.7. The molecule has 0 aliphatic carbocycles. The van der Waals surface area contributed by atoms with E-state index in [0.29, 0.717) is 20.9 Å². The van der Waals surface area contributed by atoms with Crippen molar-refractivity contribution in [2.75, 3.05) is 0 Å². The average molecular weight is 435 g/mol. The van der Waals surface area contributed by atoms with Gasteiger partial charge in [-0.05, 0) is 49.2 Å². The topological polar surface area (TPSA) is 57.5 Å². The minimum Gasteiger partial charge on any atom is -0.372 e. The quantitative estimate of drug-likeness (QED) is 0.440. The van der Waals surface area contributed by atoms with Crippen LogP contribution in [0.25, 0.3) is 0 Å². The van der Waals surface area contributed by atoms with Crippen LogP contribution >= 0.6 is 22.7 Å². The molecule has 0 bridgehead atoms. The number of ketones is 1. The molecule has 4 aromatic rings. The van der Waals surface area contributed by atoms with Crippen LogP contribution in [0.5, 0.6) is 0 Å². The highest BCUT2D eigenvalue weighted by Crippen LogP contribution is 2.44. The van der Waals surface area contributed by atoms with Crippen molar-refractivity contribution in [3.63, 3.8) is 0 Å². The largest absolute Gasteiger partial charge is 0.372 e. The molecule has 0 amide bonds. The van der Waals surface area contributed by atoms with Gasteiger partial charge >= 0.3 is 0 Å². The van der Waals surface area contributed by atoms with Crippen molar-refractivity contribution in [2.45, 2.75) is 25.0 Å². The molecular formula is C25H22O3S2. The molecule has 152 valence electrons. The maximum Gasteiger partial charge on any atom is 0.215 e. The summed E-state index contributed by atoms with van der Waals surface area (Å²) in [7, 11) is 0. The Morgan fingerprint density at radius 3 is 1.30 bits per heavy atom. The number of carbonyl (C=O) groups excluding carboxylic acids is 1. The summed E-state index contributed by atoms with van der Waals surface area (Å²) in [5.74, 6) is -0.684. The number of thiophene rings is 2. The number of rotatable bonds is 6. The first-order chi connectivity index (χ1) is 14.4. The van der Waals surface area contributed by atoms with E-state index in [2.05, 4.69) is 0 Å². The number of carbonyl (C=O) groups is 1. The molecule has 0 aliphatic heterocycles. The van der Waals surface area contributed by atoms with Crippen molar-refractivity contribution < 1.29 is 15.0 Å². The maximum absolute atomic E-state index is 14.2. The number of Topliss-reactive ketones (excluding diaryl/α,β-unsaturated/α-hetero) is 1. The molecule has 5 heteroatoms. The summed E-state index contributed by atoms with van der Waals surface area (Å²) in [4.78, 5) is 17.1. The number of aliphatic hydroxyl groups is 2. The zero-order chi connectivity index (χ0) is 21.4. The summed E-state index contributed by atoms with van der Waals surface area (Å²) >= 11 is 2.70. The van der Waals surface area contributed by atoms with Crippen LogP contribution in [0.1, 0.15) is 30.6 Å². The van der Waals surface area contributed by atoms with Gasteiger partial charge in [0.25, 0.3) is 0 Å². The Balaban J connectivity index is 1.98. The van der Waals surface area contributed by atoms with E-state index in [-0.39, 0.29) is 0 Å². The highest BCUT2D eigenvalue weighted by atomic mass is 32.1. The van der Waals surface area contributed by atoms with Gasteiger partial charge in [0, 0.05) is 19.5 Å². The summed E-state index contributed by atoms with van der Waals surface area (Å²) < 4.78 is 0. The lowest BCUT2D eigenvalue weighted by atomic mass is 9.75. The number of hydrogen-bond donors (Lipinski definition) is 2. The van der Waals surface area contributed by atoms with Gasteiger partial charge in [-0.3, -0.25) is 4.79 Å². The third kappa shape index (κ3) is 3.34. The summed E-state index contributed by atoms with van der Waals surface area (Å²) in [6, 6.07) is 24.9. The summed E-state index contributed by atoms with van der Waals surface area (Å²) in [6.07, 6.45) is 0. The van der Waals surface area contributed by atoms with Gasteiger partial charge in [-0.1, -0.05) is 60.7 Å². The molecule has 3 nitrogen and oxygen atoms in total. The van der Waals surface area contributed by atoms with Crippen LogP contribution in [-0.4, -0.2) is 16.0 Å². The van der Waals surface area contributed by atoms with Crippen molar-refractivity contribution >= 4 is 28.5 Å². The summed E-state index contributed by atoms with van der Waals surface area (Å²) in [5, 5.41) is 24.0. The Morgan fingerprint density at radius 1 is 0.633 bits per heavy atom. The third-order valence-corrected chi connectivity index (χ3v) is 7.45. The maximum atomic E-state index is 14.2. The van der Waals surface area contributed by atoms with Gasteiger partial charge < -0.3 is 10.2 Å². The lowest BCUT2D eigenvalue weighted by Gasteiger charge is -2.35. The SMILES string of the molecule is Cc1ccc(C(O)(C(=O)C(O)(c2ccccc2)c2ccc(C)s2)c2ccccc2)s1. The fourth-order valence-electron chi connectivity index (χ4n) is 3.65. The van der Waals surface area contributed by atoms with Crippen molar-refractivity contribution in [1.82, 2.24) is 0 Å². The highest BCUT2D eigenvalue weighted by molar-refractivity contribution is 7.12. The molecule has 0 fully saturated rings. The van der Waals surface area contributed by atoms with Gasteiger partial charge in [0.2, 0.25) is 5.78 Å². The van der Waals surface area contributed by atoms with E-state index in [1.807, 2.05) is 38.1 Å². The molecule has 2 N–H and O–H groups in total. The number of benzene rings is 2. The van der Waals surface area contributed by atoms with Crippen LogP contribution < -0.4 is 0 Å². The third-order valence-electron chi connectivity index (χ3n) is 5.23. The van der Waals surface area contributed by atoms with Crippen LogP contribution in [0.3, 0.4) is 0 Å². The van der Waals surface area contributed by atoms with Crippen LogP contribution in [0.2, 0.25) is 0 Å². The number of aryl methyl sites for hydroxylation is 2. The van der Waals surface area contributed by atoms with E-state index in [1.165, 1.54) is 22.7 Å². The molecule has 0 saturated heterocycles. The molecule has 0 aliphatic rings. The Hall–Kier alpha value is -2.57. The molecule has 0 spiro atoms. The molecule has 2 aromatic heterocycles. The van der Waals surface area contributed by atoms with Crippen molar-refractivity contribution in [3.8, 4) is 0 Å². The van der Waals surface area contributed by atoms with Crippen LogP contribution in [-0.2, 0) is 16.0 Å². The van der Waals surface area contributed by atoms with E-state index < -0.39 is 17.0 Å². The van der Waals surface area contributed by atoms with Gasteiger partial charge in [-0.25, -0.2) is 0 Å². The van der Waals surface area contributed by atoms with Crippen LogP contribution in [0.4, 0.5) is 0 Å². The predicted octanol–water partition coefficient (Wildman–Crippen LogP) is 5.17. The van der Waals surface area contributed by atoms with Crippen molar-refractivity contribution in [1.29, 1.82) is 0 Å². The second kappa shape index (κ2) is 7.93. The van der Waals surface area contributed by atoms with Crippen LogP contribution in [0.15, 0.2) is 84.9 Å². The van der Waals surface area contributed by atoms with Gasteiger partial charge in [0.1, 0.15) is 0 Å². The molecule has 0 saturated carbocycles. The van der Waals surface area contributed by atoms with E-state index in [1.54, 1.807) is 60.7 Å². The predicted molar refractivity (Wildman–Crippen MR) is 122 cm³/mol. The lowest BCUT2D eigenvalue weighted by Crippen LogP contribution is -2.50. The average Bonchev–Trinajstić information content (AvgIpc) is 3.42. The first-order valence-electron chi connectivity index (χ1n) is 9.61. The Bertz CT molecular complexity index is 1070. The normalized spacial score (nSPS) is 15.3. The second-order valence-electron chi connectivity index (χ2n) is 7.30. The Kier molecular flexibility index (Phi) is 5.47. The molecule has 2 heterocycles. The first kappa shape index (κ1) is 20.7. The standard InChI is InChI=1S/C25H22O3S2/c1-17-13-15-21(29-17)24(27,19-9-5-3-6-10-19)23(26)25(28,20-11-7-4-8-12-20)22-16-14-18(2)30-22/h3-16,27-28H,1-2H3. The number of hydrogen-bond acceptors (Lipinski definition) is 5. The minimum atomic E-state index is -2.00. The smallest absolute Gasteiger partial charge is 0.215 e. The van der Waals surface area contributed by atoms with Gasteiger partial charge in [0.15, 0.2) is 11.2 Å². The molecule has 2 aromatic carbocycles. The molecule has 2 atom stereocenters. The van der Waals surface area contributed by atoms with Gasteiger partial charge in [0.05, 0.1) is 0 Å². The van der Waals surface area contributed by atoms with E-state index in [9.17, 15) is 15.0 Å². The van der Waals surface area contributed by atoms with E-state index in [4.69, 9.17) is 0 Å². The van der Waals surface area contributed by atoms with E-state index in [0.717, 1.165) is 9.75 Å². The van der Waals surface area contributed by atoms with E-state index >= 15 is 0 Å². The summed E-state index contributed by atoms with van der Waals surface area (Å²) in [5.41, 5.74) is -3.13. The van der Waals surface area contributed by atoms with Crippen LogP contribution in [0, 0.1) is 13.8 Å². The van der Waals surface area contributed by atoms with Gasteiger partial charge in [-0.2, -0.15) is 0 Å². The second-order valence-corrected chi connectivity index (χ2v) is 9.88. The Morgan fingerprint density at radius 2 is 1.00 bits per heavy atom. The minimum absolute atomic E-state index is 0.430. The van der Waals surface area contributed by atoms with Crippen molar-refractivity contribution in [2.24, 2.45) is 0 Å².